The van der Waals surface area contributed by atoms with Gasteiger partial charge in [0, 0.05) is 29.6 Å². The van der Waals surface area contributed by atoms with Gasteiger partial charge >= 0.3 is 0 Å². The van der Waals surface area contributed by atoms with Crippen LogP contribution in [-0.2, 0) is 17.8 Å². The van der Waals surface area contributed by atoms with E-state index < -0.39 is 0 Å². The second kappa shape index (κ2) is 11.2. The van der Waals surface area contributed by atoms with Gasteiger partial charge in [0.15, 0.2) is 11.0 Å². The molecule has 1 N–H and O–H groups in total. The van der Waals surface area contributed by atoms with Crippen LogP contribution in [0, 0.1) is 0 Å². The number of nitrogens with one attached hydrogen (secondary N) is 1. The Labute approximate surface area is 214 Å². The van der Waals surface area contributed by atoms with Crippen molar-refractivity contribution in [1.82, 2.24) is 25.1 Å². The number of amides is 1. The van der Waals surface area contributed by atoms with Crippen LogP contribution in [0.2, 0.25) is 0 Å². The fourth-order valence-corrected chi connectivity index (χ4v) is 5.00. The van der Waals surface area contributed by atoms with Crippen molar-refractivity contribution in [2.45, 2.75) is 25.0 Å². The number of thioether (sulfide) groups is 1. The van der Waals surface area contributed by atoms with Gasteiger partial charge in [0.2, 0.25) is 5.91 Å². The van der Waals surface area contributed by atoms with Gasteiger partial charge in [-0.15, -0.1) is 10.2 Å². The van der Waals surface area contributed by atoms with Crippen molar-refractivity contribution < 1.29 is 4.79 Å². The first-order valence-electron chi connectivity index (χ1n) is 12.0. The molecule has 36 heavy (non-hydrogen) atoms. The standard InChI is InChI=1S/C29H27N5OS/c1-2-34-28(32-33-29(34)36-20-27(35)30-18-17-21-11-5-3-6-12-21)24-19-26(22-13-7-4-8-14-22)31-25-16-10-9-15-23(24)25/h3-16,19H,2,17-18,20H2,1H3,(H,30,35). The molecular formula is C29H27N5OS. The topological polar surface area (TPSA) is 72.7 Å². The molecule has 0 fully saturated rings. The van der Waals surface area contributed by atoms with Crippen molar-refractivity contribution in [3.63, 3.8) is 0 Å². The third-order valence-corrected chi connectivity index (χ3v) is 6.94. The number of fused-ring (bicyclic) bond motifs is 1. The number of pyridine rings is 1. The van der Waals surface area contributed by atoms with E-state index in [2.05, 4.69) is 63.4 Å². The molecule has 2 heterocycles. The van der Waals surface area contributed by atoms with Gasteiger partial charge in [-0.05, 0) is 31.0 Å². The smallest absolute Gasteiger partial charge is 0.230 e. The largest absolute Gasteiger partial charge is 0.355 e. The normalized spacial score (nSPS) is 11.0. The van der Waals surface area contributed by atoms with Crippen molar-refractivity contribution >= 4 is 28.6 Å². The van der Waals surface area contributed by atoms with Crippen LogP contribution in [0.3, 0.4) is 0 Å². The third-order valence-electron chi connectivity index (χ3n) is 5.97. The number of carbonyl (C=O) groups excluding carboxylic acids is 1. The number of hydrogen-bond acceptors (Lipinski definition) is 5. The number of benzene rings is 3. The molecule has 0 radical (unpaired) electrons. The van der Waals surface area contributed by atoms with Crippen molar-refractivity contribution in [3.8, 4) is 22.6 Å². The molecule has 0 atom stereocenters. The van der Waals surface area contributed by atoms with E-state index in [4.69, 9.17) is 4.98 Å². The molecule has 0 saturated heterocycles. The number of hydrogen-bond donors (Lipinski definition) is 1. The van der Waals surface area contributed by atoms with Crippen LogP contribution in [0.1, 0.15) is 12.5 Å². The summed E-state index contributed by atoms with van der Waals surface area (Å²) < 4.78 is 2.07. The summed E-state index contributed by atoms with van der Waals surface area (Å²) in [4.78, 5) is 17.3. The molecule has 7 heteroatoms. The van der Waals surface area contributed by atoms with Gasteiger partial charge in [-0.2, -0.15) is 0 Å². The molecule has 0 saturated carbocycles. The highest BCUT2D eigenvalue weighted by molar-refractivity contribution is 7.99. The lowest BCUT2D eigenvalue weighted by molar-refractivity contribution is -0.118. The molecule has 6 nitrogen and oxygen atoms in total. The molecule has 0 aliphatic carbocycles. The number of rotatable bonds is 9. The molecule has 180 valence electrons. The molecule has 0 unspecified atom stereocenters. The second-order valence-electron chi connectivity index (χ2n) is 8.36. The molecule has 0 bridgehead atoms. The van der Waals surface area contributed by atoms with Gasteiger partial charge in [0.1, 0.15) is 0 Å². The summed E-state index contributed by atoms with van der Waals surface area (Å²) in [5.41, 5.74) is 5.04. The average molecular weight is 494 g/mol. The molecule has 2 aromatic heterocycles. The number of para-hydroxylation sites is 1. The van der Waals surface area contributed by atoms with Crippen LogP contribution in [0.5, 0.6) is 0 Å². The molecular weight excluding hydrogens is 466 g/mol. The maximum atomic E-state index is 12.5. The van der Waals surface area contributed by atoms with Crippen LogP contribution in [0.15, 0.2) is 96.2 Å². The van der Waals surface area contributed by atoms with E-state index in [9.17, 15) is 4.79 Å². The molecule has 0 spiro atoms. The Bertz CT molecular complexity index is 1470. The average Bonchev–Trinajstić information content (AvgIpc) is 3.35. The lowest BCUT2D eigenvalue weighted by Crippen LogP contribution is -2.27. The van der Waals surface area contributed by atoms with E-state index in [1.807, 2.05) is 54.6 Å². The Morgan fingerprint density at radius 2 is 1.64 bits per heavy atom. The summed E-state index contributed by atoms with van der Waals surface area (Å²) in [5.74, 6) is 1.06. The van der Waals surface area contributed by atoms with Crippen molar-refractivity contribution in [3.05, 3.63) is 96.6 Å². The predicted octanol–water partition coefficient (Wildman–Crippen LogP) is 5.63. The van der Waals surface area contributed by atoms with E-state index in [-0.39, 0.29) is 5.91 Å². The minimum absolute atomic E-state index is 0.0103. The van der Waals surface area contributed by atoms with Crippen molar-refractivity contribution in [1.29, 1.82) is 0 Å². The van der Waals surface area contributed by atoms with Crippen LogP contribution < -0.4 is 5.32 Å². The van der Waals surface area contributed by atoms with Crippen LogP contribution in [-0.4, -0.2) is 38.0 Å². The highest BCUT2D eigenvalue weighted by atomic mass is 32.2. The monoisotopic (exact) mass is 493 g/mol. The van der Waals surface area contributed by atoms with E-state index in [1.54, 1.807) is 0 Å². The lowest BCUT2D eigenvalue weighted by Gasteiger charge is -2.12. The highest BCUT2D eigenvalue weighted by Gasteiger charge is 2.18. The Morgan fingerprint density at radius 1 is 0.917 bits per heavy atom. The zero-order chi connectivity index (χ0) is 24.7. The minimum atomic E-state index is -0.0103. The van der Waals surface area contributed by atoms with E-state index in [0.717, 1.165) is 45.1 Å². The lowest BCUT2D eigenvalue weighted by atomic mass is 10.0. The zero-order valence-corrected chi connectivity index (χ0v) is 20.9. The summed E-state index contributed by atoms with van der Waals surface area (Å²) >= 11 is 1.41. The van der Waals surface area contributed by atoms with E-state index in [1.165, 1.54) is 17.3 Å². The van der Waals surface area contributed by atoms with Gasteiger partial charge in [-0.25, -0.2) is 4.98 Å². The maximum Gasteiger partial charge on any atom is 0.230 e. The van der Waals surface area contributed by atoms with Gasteiger partial charge in [-0.1, -0.05) is 90.6 Å². The molecule has 1 amide bonds. The Kier molecular flexibility index (Phi) is 7.38. The molecule has 3 aromatic carbocycles. The van der Waals surface area contributed by atoms with Gasteiger partial charge < -0.3 is 9.88 Å². The first-order chi connectivity index (χ1) is 17.7. The molecule has 0 aliphatic heterocycles. The second-order valence-corrected chi connectivity index (χ2v) is 9.31. The first-order valence-corrected chi connectivity index (χ1v) is 13.0. The quantitative estimate of drug-likeness (QED) is 0.269. The van der Waals surface area contributed by atoms with E-state index >= 15 is 0 Å². The number of carbonyl (C=O) groups is 1. The molecule has 5 aromatic rings. The Hall–Kier alpha value is -3.97. The predicted molar refractivity (Wildman–Crippen MR) is 146 cm³/mol. The first kappa shape index (κ1) is 23.8. The minimum Gasteiger partial charge on any atom is -0.355 e. The summed E-state index contributed by atoms with van der Waals surface area (Å²) in [5, 5.41) is 13.8. The maximum absolute atomic E-state index is 12.5. The van der Waals surface area contributed by atoms with Crippen LogP contribution in [0.4, 0.5) is 0 Å². The van der Waals surface area contributed by atoms with Crippen molar-refractivity contribution in [2.75, 3.05) is 12.3 Å². The van der Waals surface area contributed by atoms with Crippen LogP contribution >= 0.6 is 11.8 Å². The number of nitrogens with zero attached hydrogens (tertiary/aromatic N) is 4. The fourth-order valence-electron chi connectivity index (χ4n) is 4.17. The highest BCUT2D eigenvalue weighted by Crippen LogP contribution is 2.32. The molecule has 0 aliphatic rings. The summed E-state index contributed by atoms with van der Waals surface area (Å²) in [6.07, 6.45) is 0.811. The summed E-state index contributed by atoms with van der Waals surface area (Å²) in [7, 11) is 0. The zero-order valence-electron chi connectivity index (χ0n) is 20.1. The summed E-state index contributed by atoms with van der Waals surface area (Å²) in [6.45, 7) is 3.37. The van der Waals surface area contributed by atoms with Gasteiger partial charge in [0.25, 0.3) is 0 Å². The Balaban J connectivity index is 1.36. The van der Waals surface area contributed by atoms with E-state index in [0.29, 0.717) is 18.8 Å². The van der Waals surface area contributed by atoms with Crippen molar-refractivity contribution in [2.24, 2.45) is 0 Å². The molecule has 5 rings (SSSR count). The summed E-state index contributed by atoms with van der Waals surface area (Å²) in [6, 6.07) is 30.5. The SMILES string of the molecule is CCn1c(SCC(=O)NCCc2ccccc2)nnc1-c1cc(-c2ccccc2)nc2ccccc12. The van der Waals surface area contributed by atoms with Gasteiger partial charge in [0.05, 0.1) is 17.0 Å². The van der Waals surface area contributed by atoms with Crippen LogP contribution in [0.25, 0.3) is 33.5 Å². The fraction of sp³-hybridized carbons (Fsp3) is 0.172. The third kappa shape index (κ3) is 5.31. The van der Waals surface area contributed by atoms with Gasteiger partial charge in [-0.3, -0.25) is 4.79 Å². The number of aromatic nitrogens is 4. The Morgan fingerprint density at radius 3 is 2.42 bits per heavy atom.